The summed E-state index contributed by atoms with van der Waals surface area (Å²) in [5.74, 6) is 1.58. The van der Waals surface area contributed by atoms with Gasteiger partial charge in [0.05, 0.1) is 13.2 Å². The minimum atomic E-state index is 0.525. The molecule has 0 bridgehead atoms. The number of halogens is 1. The topological polar surface area (TPSA) is 31.4 Å². The first-order chi connectivity index (χ1) is 8.33. The maximum atomic E-state index is 5.82. The van der Waals surface area contributed by atoms with E-state index in [1.807, 2.05) is 23.6 Å². The summed E-state index contributed by atoms with van der Waals surface area (Å²) in [5.41, 5.74) is 1.01. The van der Waals surface area contributed by atoms with Gasteiger partial charge in [0.1, 0.15) is 10.2 Å². The van der Waals surface area contributed by atoms with Crippen molar-refractivity contribution in [3.05, 3.63) is 28.7 Å². The number of aromatic nitrogens is 1. The molecule has 17 heavy (non-hydrogen) atoms. The van der Waals surface area contributed by atoms with Gasteiger partial charge in [0.25, 0.3) is 0 Å². The first-order valence-electron chi connectivity index (χ1n) is 5.34. The summed E-state index contributed by atoms with van der Waals surface area (Å²) in [7, 11) is 0. The molecule has 0 atom stereocenters. The van der Waals surface area contributed by atoms with Crippen LogP contribution in [0.4, 0.5) is 0 Å². The normalized spacial score (nSPS) is 14.4. The van der Waals surface area contributed by atoms with Gasteiger partial charge in [-0.2, -0.15) is 0 Å². The Labute approximate surface area is 108 Å². The third kappa shape index (κ3) is 2.23. The van der Waals surface area contributed by atoms with Crippen molar-refractivity contribution in [2.75, 3.05) is 13.2 Å². The van der Waals surface area contributed by atoms with E-state index in [0.717, 1.165) is 28.5 Å². The van der Waals surface area contributed by atoms with Crippen LogP contribution in [-0.4, -0.2) is 18.2 Å². The van der Waals surface area contributed by atoms with Gasteiger partial charge in [0, 0.05) is 17.4 Å². The number of hydrogen-bond acceptors (Lipinski definition) is 4. The van der Waals surface area contributed by atoms with Crippen LogP contribution in [0.3, 0.4) is 0 Å². The van der Waals surface area contributed by atoms with Gasteiger partial charge in [-0.3, -0.25) is 0 Å². The molecule has 1 aromatic carbocycles. The van der Waals surface area contributed by atoms with Crippen molar-refractivity contribution in [2.24, 2.45) is 0 Å². The Balaban J connectivity index is 2.00. The molecule has 1 aliphatic heterocycles. The monoisotopic (exact) mass is 267 g/mol. The second-order valence-corrected chi connectivity index (χ2v) is 4.93. The van der Waals surface area contributed by atoms with E-state index in [1.165, 1.54) is 11.3 Å². The minimum Gasteiger partial charge on any atom is -0.490 e. The number of benzene rings is 1. The van der Waals surface area contributed by atoms with E-state index >= 15 is 0 Å². The van der Waals surface area contributed by atoms with E-state index in [1.54, 1.807) is 0 Å². The lowest BCUT2D eigenvalue weighted by molar-refractivity contribution is 0.297. The number of hydrogen-bond donors (Lipinski definition) is 0. The highest BCUT2D eigenvalue weighted by Crippen LogP contribution is 2.35. The summed E-state index contributed by atoms with van der Waals surface area (Å²) in [6.45, 7) is 1.39. The van der Waals surface area contributed by atoms with Crippen LogP contribution < -0.4 is 9.47 Å². The average molecular weight is 268 g/mol. The Kier molecular flexibility index (Phi) is 2.91. The van der Waals surface area contributed by atoms with Crippen LogP contribution in [0.15, 0.2) is 23.6 Å². The molecule has 0 radical (unpaired) electrons. The highest BCUT2D eigenvalue weighted by atomic mass is 35.5. The van der Waals surface area contributed by atoms with Crippen molar-refractivity contribution in [3.63, 3.8) is 0 Å². The average Bonchev–Trinajstić information content (AvgIpc) is 2.64. The Bertz CT molecular complexity index is 541. The number of thiazole rings is 1. The molecule has 2 heterocycles. The summed E-state index contributed by atoms with van der Waals surface area (Å²) in [4.78, 5) is 4.24. The van der Waals surface area contributed by atoms with Crippen molar-refractivity contribution in [1.82, 2.24) is 4.98 Å². The van der Waals surface area contributed by atoms with Crippen LogP contribution in [-0.2, 0) is 0 Å². The molecule has 0 amide bonds. The van der Waals surface area contributed by atoms with Gasteiger partial charge >= 0.3 is 0 Å². The molecule has 88 valence electrons. The van der Waals surface area contributed by atoms with E-state index in [-0.39, 0.29) is 0 Å². The molecule has 0 saturated carbocycles. The summed E-state index contributed by atoms with van der Waals surface area (Å²) in [6.07, 6.45) is 0.910. The molecule has 1 aromatic heterocycles. The van der Waals surface area contributed by atoms with Crippen LogP contribution in [0.1, 0.15) is 6.42 Å². The van der Waals surface area contributed by atoms with Crippen molar-refractivity contribution < 1.29 is 9.47 Å². The SMILES string of the molecule is Clc1csc(-c2ccc3c(c2)OCCCO3)n1. The van der Waals surface area contributed by atoms with Crippen LogP contribution >= 0.6 is 22.9 Å². The Hall–Kier alpha value is -1.26. The van der Waals surface area contributed by atoms with E-state index in [4.69, 9.17) is 21.1 Å². The summed E-state index contributed by atoms with van der Waals surface area (Å²) >= 11 is 7.34. The Morgan fingerprint density at radius 1 is 1.18 bits per heavy atom. The predicted molar refractivity (Wildman–Crippen MR) is 68.2 cm³/mol. The van der Waals surface area contributed by atoms with E-state index in [9.17, 15) is 0 Å². The fraction of sp³-hybridized carbons (Fsp3) is 0.250. The first kappa shape index (κ1) is 10.9. The zero-order valence-electron chi connectivity index (χ0n) is 8.98. The van der Waals surface area contributed by atoms with Gasteiger partial charge in [-0.25, -0.2) is 4.98 Å². The smallest absolute Gasteiger partial charge is 0.161 e. The maximum Gasteiger partial charge on any atom is 0.161 e. The van der Waals surface area contributed by atoms with Gasteiger partial charge in [0.2, 0.25) is 0 Å². The van der Waals surface area contributed by atoms with Gasteiger partial charge in [-0.05, 0) is 18.2 Å². The van der Waals surface area contributed by atoms with Crippen molar-refractivity contribution >= 4 is 22.9 Å². The standard InChI is InChI=1S/C12H10ClNO2S/c13-11-7-17-12(14-11)8-2-3-9-10(6-8)16-5-1-4-15-9/h2-3,6-7H,1,4-5H2. The second kappa shape index (κ2) is 4.55. The Morgan fingerprint density at radius 3 is 2.76 bits per heavy atom. The summed E-state index contributed by atoms with van der Waals surface area (Å²) in [6, 6.07) is 5.85. The molecule has 0 saturated heterocycles. The minimum absolute atomic E-state index is 0.525. The van der Waals surface area contributed by atoms with Crippen molar-refractivity contribution in [3.8, 4) is 22.1 Å². The highest BCUT2D eigenvalue weighted by Gasteiger charge is 2.12. The van der Waals surface area contributed by atoms with E-state index in [2.05, 4.69) is 4.98 Å². The third-order valence-corrected chi connectivity index (χ3v) is 3.68. The van der Waals surface area contributed by atoms with E-state index < -0.39 is 0 Å². The maximum absolute atomic E-state index is 5.82. The second-order valence-electron chi connectivity index (χ2n) is 3.69. The van der Waals surface area contributed by atoms with Gasteiger partial charge in [-0.1, -0.05) is 11.6 Å². The predicted octanol–water partition coefficient (Wildman–Crippen LogP) is 3.62. The highest BCUT2D eigenvalue weighted by molar-refractivity contribution is 7.13. The molecular formula is C12H10ClNO2S. The van der Waals surface area contributed by atoms with E-state index in [0.29, 0.717) is 18.4 Å². The summed E-state index contributed by atoms with van der Waals surface area (Å²) < 4.78 is 11.2. The molecule has 0 unspecified atom stereocenters. The fourth-order valence-electron chi connectivity index (χ4n) is 1.68. The molecule has 0 aliphatic carbocycles. The summed E-state index contributed by atoms with van der Waals surface area (Å²) in [5, 5.41) is 3.24. The number of fused-ring (bicyclic) bond motifs is 1. The van der Waals surface area contributed by atoms with Gasteiger partial charge < -0.3 is 9.47 Å². The lowest BCUT2D eigenvalue weighted by Gasteiger charge is -2.07. The molecule has 5 heteroatoms. The molecule has 0 N–H and O–H groups in total. The Morgan fingerprint density at radius 2 is 2.00 bits per heavy atom. The molecule has 3 rings (SSSR count). The zero-order chi connectivity index (χ0) is 11.7. The third-order valence-electron chi connectivity index (χ3n) is 2.47. The number of rotatable bonds is 1. The molecular weight excluding hydrogens is 258 g/mol. The van der Waals surface area contributed by atoms with Crippen LogP contribution in [0.5, 0.6) is 11.5 Å². The quantitative estimate of drug-likeness (QED) is 0.791. The number of ether oxygens (including phenoxy) is 2. The molecule has 2 aromatic rings. The van der Waals surface area contributed by atoms with Crippen molar-refractivity contribution in [1.29, 1.82) is 0 Å². The first-order valence-corrected chi connectivity index (χ1v) is 6.60. The van der Waals surface area contributed by atoms with Crippen LogP contribution in [0.25, 0.3) is 10.6 Å². The lowest BCUT2D eigenvalue weighted by Crippen LogP contribution is -1.97. The molecule has 0 spiro atoms. The fourth-order valence-corrected chi connectivity index (χ4v) is 2.63. The van der Waals surface area contributed by atoms with Crippen LogP contribution in [0.2, 0.25) is 5.15 Å². The van der Waals surface area contributed by atoms with Crippen LogP contribution in [0, 0.1) is 0 Å². The van der Waals surface area contributed by atoms with Crippen molar-refractivity contribution in [2.45, 2.75) is 6.42 Å². The molecule has 0 fully saturated rings. The number of nitrogens with zero attached hydrogens (tertiary/aromatic N) is 1. The molecule has 3 nitrogen and oxygen atoms in total. The lowest BCUT2D eigenvalue weighted by atomic mass is 10.2. The molecule has 1 aliphatic rings. The van der Waals surface area contributed by atoms with Gasteiger partial charge in [-0.15, -0.1) is 11.3 Å². The largest absolute Gasteiger partial charge is 0.490 e. The van der Waals surface area contributed by atoms with Gasteiger partial charge in [0.15, 0.2) is 11.5 Å². The zero-order valence-corrected chi connectivity index (χ0v) is 10.6.